The number of hydrogen-bond donors (Lipinski definition) is 1. The molecule has 2 amide bonds. The standard InChI is InChI=1S/C33H39N3O6S/c1-24-12-14-26(15-13-24)22-35(29(20-25-8-4-3-5-9-25)33(38)34-27-10-6-7-11-27)32(37)23-36(43(2,39)40)28-16-17-30-31(21-28)42-19-18-41-30/h3-5,8-9,12-17,21,27,29H,6-7,10-11,18-20,22-23H2,1-2H3,(H,34,38). The molecule has 228 valence electrons. The molecule has 2 aliphatic rings. The summed E-state index contributed by atoms with van der Waals surface area (Å²) < 4.78 is 38.5. The highest BCUT2D eigenvalue weighted by Gasteiger charge is 2.34. The van der Waals surface area contributed by atoms with E-state index in [0.717, 1.165) is 52.9 Å². The molecule has 3 aromatic carbocycles. The van der Waals surface area contributed by atoms with E-state index in [0.29, 0.717) is 31.1 Å². The number of carbonyl (C=O) groups is 2. The lowest BCUT2D eigenvalue weighted by atomic mass is 10.0. The molecule has 0 saturated heterocycles. The zero-order chi connectivity index (χ0) is 30.4. The van der Waals surface area contributed by atoms with Gasteiger partial charge in [0.05, 0.1) is 11.9 Å². The largest absolute Gasteiger partial charge is 0.486 e. The highest BCUT2D eigenvalue weighted by Crippen LogP contribution is 2.35. The topological polar surface area (TPSA) is 105 Å². The van der Waals surface area contributed by atoms with Crippen molar-refractivity contribution in [1.82, 2.24) is 10.2 Å². The van der Waals surface area contributed by atoms with Crippen molar-refractivity contribution in [2.24, 2.45) is 0 Å². The number of rotatable bonds is 11. The van der Waals surface area contributed by atoms with Crippen LogP contribution in [-0.2, 0) is 32.6 Å². The van der Waals surface area contributed by atoms with Crippen LogP contribution in [0.5, 0.6) is 11.5 Å². The van der Waals surface area contributed by atoms with E-state index in [4.69, 9.17) is 9.47 Å². The van der Waals surface area contributed by atoms with E-state index in [1.54, 1.807) is 18.2 Å². The molecule has 43 heavy (non-hydrogen) atoms. The highest BCUT2D eigenvalue weighted by molar-refractivity contribution is 7.92. The van der Waals surface area contributed by atoms with Crippen LogP contribution in [0.3, 0.4) is 0 Å². The monoisotopic (exact) mass is 605 g/mol. The summed E-state index contributed by atoms with van der Waals surface area (Å²) in [6, 6.07) is 21.4. The first-order valence-corrected chi connectivity index (χ1v) is 16.6. The third kappa shape index (κ3) is 7.87. The fraction of sp³-hybridized carbons (Fsp3) is 0.394. The van der Waals surface area contributed by atoms with Gasteiger partial charge in [-0.1, -0.05) is 73.0 Å². The number of carbonyl (C=O) groups excluding carboxylic acids is 2. The molecule has 1 saturated carbocycles. The van der Waals surface area contributed by atoms with Gasteiger partial charge < -0.3 is 19.7 Å². The minimum absolute atomic E-state index is 0.0623. The minimum atomic E-state index is -3.89. The lowest BCUT2D eigenvalue weighted by molar-refractivity contribution is -0.140. The quantitative estimate of drug-likeness (QED) is 0.351. The summed E-state index contributed by atoms with van der Waals surface area (Å²) in [5.74, 6) is 0.214. The maximum Gasteiger partial charge on any atom is 0.244 e. The summed E-state index contributed by atoms with van der Waals surface area (Å²) >= 11 is 0. The van der Waals surface area contributed by atoms with Crippen LogP contribution in [0, 0.1) is 6.92 Å². The van der Waals surface area contributed by atoms with E-state index >= 15 is 0 Å². The first kappa shape index (κ1) is 30.4. The number of ether oxygens (including phenoxy) is 2. The van der Waals surface area contributed by atoms with Gasteiger partial charge in [-0.3, -0.25) is 13.9 Å². The number of amides is 2. The van der Waals surface area contributed by atoms with E-state index in [1.165, 1.54) is 4.90 Å². The Kier molecular flexibility index (Phi) is 9.55. The second kappa shape index (κ2) is 13.5. The van der Waals surface area contributed by atoms with Crippen LogP contribution in [-0.4, -0.2) is 63.2 Å². The molecule has 1 unspecified atom stereocenters. The van der Waals surface area contributed by atoms with Crippen molar-refractivity contribution in [1.29, 1.82) is 0 Å². The number of anilines is 1. The van der Waals surface area contributed by atoms with Gasteiger partial charge in [0.1, 0.15) is 25.8 Å². The van der Waals surface area contributed by atoms with Gasteiger partial charge in [0, 0.05) is 25.1 Å². The predicted molar refractivity (Wildman–Crippen MR) is 166 cm³/mol. The van der Waals surface area contributed by atoms with Crippen molar-refractivity contribution >= 4 is 27.5 Å². The number of benzene rings is 3. The van der Waals surface area contributed by atoms with Gasteiger partial charge in [-0.15, -0.1) is 0 Å². The van der Waals surface area contributed by atoms with E-state index in [-0.39, 0.29) is 24.2 Å². The van der Waals surface area contributed by atoms with E-state index in [2.05, 4.69) is 5.32 Å². The van der Waals surface area contributed by atoms with Gasteiger partial charge in [0.2, 0.25) is 21.8 Å². The molecular formula is C33H39N3O6S. The van der Waals surface area contributed by atoms with Crippen LogP contribution in [0.15, 0.2) is 72.8 Å². The summed E-state index contributed by atoms with van der Waals surface area (Å²) in [6.45, 7) is 2.40. The molecule has 1 atom stereocenters. The zero-order valence-corrected chi connectivity index (χ0v) is 25.5. The molecule has 0 spiro atoms. The van der Waals surface area contributed by atoms with Crippen molar-refractivity contribution < 1.29 is 27.5 Å². The normalized spacial score (nSPS) is 15.5. The number of fused-ring (bicyclic) bond motifs is 1. The second-order valence-electron chi connectivity index (χ2n) is 11.3. The molecule has 1 N–H and O–H groups in total. The first-order chi connectivity index (χ1) is 20.7. The Morgan fingerprint density at radius 1 is 0.907 bits per heavy atom. The summed E-state index contributed by atoms with van der Waals surface area (Å²) in [5.41, 5.74) is 3.10. The molecule has 10 heteroatoms. The molecule has 1 aliphatic heterocycles. The van der Waals surface area contributed by atoms with Crippen LogP contribution in [0.1, 0.15) is 42.4 Å². The maximum absolute atomic E-state index is 14.3. The molecular weight excluding hydrogens is 566 g/mol. The van der Waals surface area contributed by atoms with Crippen molar-refractivity contribution in [2.45, 2.75) is 57.7 Å². The highest BCUT2D eigenvalue weighted by atomic mass is 32.2. The fourth-order valence-corrected chi connectivity index (χ4v) is 6.45. The van der Waals surface area contributed by atoms with E-state index in [1.807, 2.05) is 61.5 Å². The average molecular weight is 606 g/mol. The molecule has 0 bridgehead atoms. The van der Waals surface area contributed by atoms with Gasteiger partial charge in [-0.2, -0.15) is 0 Å². The Morgan fingerprint density at radius 3 is 2.26 bits per heavy atom. The summed E-state index contributed by atoms with van der Waals surface area (Å²) in [7, 11) is -3.89. The summed E-state index contributed by atoms with van der Waals surface area (Å²) in [6.07, 6.45) is 5.28. The van der Waals surface area contributed by atoms with Crippen LogP contribution < -0.4 is 19.1 Å². The van der Waals surface area contributed by atoms with Crippen LogP contribution in [0.4, 0.5) is 5.69 Å². The third-order valence-corrected chi connectivity index (χ3v) is 9.08. The van der Waals surface area contributed by atoms with Crippen LogP contribution in [0.2, 0.25) is 0 Å². The number of nitrogens with one attached hydrogen (secondary N) is 1. The number of sulfonamides is 1. The van der Waals surface area contributed by atoms with Gasteiger partial charge in [-0.05, 0) is 43.0 Å². The Morgan fingerprint density at radius 2 is 1.58 bits per heavy atom. The maximum atomic E-state index is 14.3. The second-order valence-corrected chi connectivity index (χ2v) is 13.2. The Labute approximate surface area is 253 Å². The van der Waals surface area contributed by atoms with Crippen molar-refractivity contribution in [2.75, 3.05) is 30.3 Å². The fourth-order valence-electron chi connectivity index (χ4n) is 5.61. The van der Waals surface area contributed by atoms with E-state index in [9.17, 15) is 18.0 Å². The van der Waals surface area contributed by atoms with Gasteiger partial charge in [0.15, 0.2) is 11.5 Å². The minimum Gasteiger partial charge on any atom is -0.486 e. The third-order valence-electron chi connectivity index (χ3n) is 7.94. The predicted octanol–water partition coefficient (Wildman–Crippen LogP) is 4.23. The number of aryl methyl sites for hydroxylation is 1. The lowest BCUT2D eigenvalue weighted by Crippen LogP contribution is -2.54. The molecule has 0 aromatic heterocycles. The molecule has 3 aromatic rings. The summed E-state index contributed by atoms with van der Waals surface area (Å²) in [5, 5.41) is 3.18. The summed E-state index contributed by atoms with van der Waals surface area (Å²) in [4.78, 5) is 29.8. The van der Waals surface area contributed by atoms with Crippen molar-refractivity contribution in [3.05, 3.63) is 89.5 Å². The molecule has 0 radical (unpaired) electrons. The average Bonchev–Trinajstić information content (AvgIpc) is 3.51. The molecule has 1 aliphatic carbocycles. The Balaban J connectivity index is 1.50. The first-order valence-electron chi connectivity index (χ1n) is 14.7. The SMILES string of the molecule is Cc1ccc(CN(C(=O)CN(c2ccc3c(c2)OCCO3)S(C)(=O)=O)C(Cc2ccccc2)C(=O)NC2CCCC2)cc1. The van der Waals surface area contributed by atoms with Gasteiger partial charge in [0.25, 0.3) is 0 Å². The van der Waals surface area contributed by atoms with Crippen molar-refractivity contribution in [3.63, 3.8) is 0 Å². The van der Waals surface area contributed by atoms with Gasteiger partial charge >= 0.3 is 0 Å². The van der Waals surface area contributed by atoms with Gasteiger partial charge in [-0.25, -0.2) is 8.42 Å². The van der Waals surface area contributed by atoms with Crippen LogP contribution in [0.25, 0.3) is 0 Å². The molecule has 1 fully saturated rings. The number of hydrogen-bond acceptors (Lipinski definition) is 6. The van der Waals surface area contributed by atoms with E-state index < -0.39 is 28.5 Å². The smallest absolute Gasteiger partial charge is 0.244 e. The molecule has 5 rings (SSSR count). The number of nitrogens with zero attached hydrogens (tertiary/aromatic N) is 2. The molecule has 9 nitrogen and oxygen atoms in total. The van der Waals surface area contributed by atoms with Crippen molar-refractivity contribution in [3.8, 4) is 11.5 Å². The zero-order valence-electron chi connectivity index (χ0n) is 24.7. The molecule has 1 heterocycles. The Hall–Kier alpha value is -4.05. The Bertz CT molecular complexity index is 1520. The van der Waals surface area contributed by atoms with Crippen LogP contribution >= 0.6 is 0 Å². The lowest BCUT2D eigenvalue weighted by Gasteiger charge is -2.34.